The number of carbonyl (C=O) groups excluding carboxylic acids is 1. The van der Waals surface area contributed by atoms with Crippen molar-refractivity contribution in [1.29, 1.82) is 0 Å². The van der Waals surface area contributed by atoms with E-state index in [2.05, 4.69) is 30.8 Å². The fraction of sp³-hybridized carbons (Fsp3) is 0.750. The van der Waals surface area contributed by atoms with Gasteiger partial charge in [0.15, 0.2) is 0 Å². The average Bonchev–Trinajstić information content (AvgIpc) is 3.02. The fourth-order valence-corrected chi connectivity index (χ4v) is 2.87. The van der Waals surface area contributed by atoms with Gasteiger partial charge in [0.25, 0.3) is 5.91 Å². The average molecular weight is 308 g/mol. The Bertz CT molecular complexity index is 486. The van der Waals surface area contributed by atoms with Crippen molar-refractivity contribution in [3.8, 4) is 0 Å². The number of carbonyl (C=O) groups is 1. The lowest BCUT2D eigenvalue weighted by Crippen LogP contribution is -2.55. The van der Waals surface area contributed by atoms with Crippen LogP contribution in [0.5, 0.6) is 0 Å². The van der Waals surface area contributed by atoms with E-state index in [-0.39, 0.29) is 11.9 Å². The number of hydrogen-bond acceptors (Lipinski definition) is 4. The van der Waals surface area contributed by atoms with Crippen LogP contribution in [0.2, 0.25) is 0 Å². The minimum absolute atomic E-state index is 0.0456. The first-order valence-corrected chi connectivity index (χ1v) is 8.14. The summed E-state index contributed by atoms with van der Waals surface area (Å²) < 4.78 is 7.00. The molecule has 2 heterocycles. The van der Waals surface area contributed by atoms with E-state index < -0.39 is 0 Å². The lowest BCUT2D eigenvalue weighted by molar-refractivity contribution is 0.0380. The predicted molar refractivity (Wildman–Crippen MR) is 86.0 cm³/mol. The van der Waals surface area contributed by atoms with Gasteiger partial charge in [0.2, 0.25) is 0 Å². The molecule has 124 valence electrons. The molecule has 1 atom stereocenters. The van der Waals surface area contributed by atoms with Gasteiger partial charge in [-0.05, 0) is 26.3 Å². The number of methoxy groups -OCH3 is 1. The second-order valence-corrected chi connectivity index (χ2v) is 6.12. The molecule has 1 aliphatic rings. The summed E-state index contributed by atoms with van der Waals surface area (Å²) in [7, 11) is 1.73. The molecule has 0 aromatic carbocycles. The van der Waals surface area contributed by atoms with Crippen LogP contribution in [-0.4, -0.2) is 71.4 Å². The molecular formula is C16H28N4O2. The van der Waals surface area contributed by atoms with Gasteiger partial charge < -0.3 is 9.64 Å². The van der Waals surface area contributed by atoms with Crippen LogP contribution in [0.15, 0.2) is 12.3 Å². The maximum Gasteiger partial charge on any atom is 0.274 e. The zero-order valence-electron chi connectivity index (χ0n) is 14.2. The van der Waals surface area contributed by atoms with Crippen LogP contribution in [0.1, 0.15) is 43.7 Å². The van der Waals surface area contributed by atoms with Crippen LogP contribution in [0.4, 0.5) is 0 Å². The lowest BCUT2D eigenvalue weighted by Gasteiger charge is -2.40. The Hall–Kier alpha value is -1.40. The van der Waals surface area contributed by atoms with Gasteiger partial charge >= 0.3 is 0 Å². The molecule has 0 aliphatic carbocycles. The van der Waals surface area contributed by atoms with E-state index in [0.29, 0.717) is 11.7 Å². The first kappa shape index (κ1) is 17.0. The SMILES string of the molecule is CCC1CN(C(=O)c2ccn(C(C)C)n2)CCN1CCOC. The van der Waals surface area contributed by atoms with Crippen LogP contribution in [0.3, 0.4) is 0 Å². The second-order valence-electron chi connectivity index (χ2n) is 6.12. The molecule has 0 bridgehead atoms. The van der Waals surface area contributed by atoms with Crippen LogP contribution in [0.25, 0.3) is 0 Å². The maximum absolute atomic E-state index is 12.6. The molecule has 1 aromatic rings. The van der Waals surface area contributed by atoms with Crippen molar-refractivity contribution >= 4 is 5.91 Å². The Balaban J connectivity index is 1.99. The molecule has 6 nitrogen and oxygen atoms in total. The van der Waals surface area contributed by atoms with E-state index in [1.165, 1.54) is 0 Å². The molecular weight excluding hydrogens is 280 g/mol. The van der Waals surface area contributed by atoms with Crippen molar-refractivity contribution < 1.29 is 9.53 Å². The topological polar surface area (TPSA) is 50.6 Å². The minimum atomic E-state index is 0.0456. The zero-order valence-corrected chi connectivity index (χ0v) is 14.2. The van der Waals surface area contributed by atoms with Crippen molar-refractivity contribution in [2.75, 3.05) is 39.9 Å². The van der Waals surface area contributed by atoms with Crippen molar-refractivity contribution in [2.24, 2.45) is 0 Å². The standard InChI is InChI=1S/C16H28N4O2/c1-5-14-12-19(9-8-18(14)10-11-22-4)16(21)15-6-7-20(17-15)13(2)3/h6-7,13-14H,5,8-12H2,1-4H3. The van der Waals surface area contributed by atoms with Crippen LogP contribution < -0.4 is 0 Å². The number of hydrogen-bond donors (Lipinski definition) is 0. The molecule has 6 heteroatoms. The Morgan fingerprint density at radius 3 is 2.82 bits per heavy atom. The van der Waals surface area contributed by atoms with Gasteiger partial charge in [-0.15, -0.1) is 0 Å². The molecule has 1 saturated heterocycles. The summed E-state index contributed by atoms with van der Waals surface area (Å²) in [6, 6.07) is 2.50. The third-order valence-corrected chi connectivity index (χ3v) is 4.30. The van der Waals surface area contributed by atoms with Crippen molar-refractivity contribution in [3.63, 3.8) is 0 Å². The predicted octanol–water partition coefficient (Wildman–Crippen LogP) is 1.65. The summed E-state index contributed by atoms with van der Waals surface area (Å²) in [6.45, 7) is 10.4. The highest BCUT2D eigenvalue weighted by Crippen LogP contribution is 2.15. The molecule has 0 saturated carbocycles. The largest absolute Gasteiger partial charge is 0.383 e. The van der Waals surface area contributed by atoms with E-state index in [1.54, 1.807) is 7.11 Å². The summed E-state index contributed by atoms with van der Waals surface area (Å²) in [4.78, 5) is 17.0. The van der Waals surface area contributed by atoms with Gasteiger partial charge in [0.05, 0.1) is 6.61 Å². The zero-order chi connectivity index (χ0) is 16.1. The molecule has 1 unspecified atom stereocenters. The summed E-state index contributed by atoms with van der Waals surface area (Å²) in [6.07, 6.45) is 2.91. The molecule has 1 fully saturated rings. The van der Waals surface area contributed by atoms with E-state index in [1.807, 2.05) is 21.8 Å². The Morgan fingerprint density at radius 2 is 2.23 bits per heavy atom. The lowest BCUT2D eigenvalue weighted by atomic mass is 10.1. The minimum Gasteiger partial charge on any atom is -0.383 e. The highest BCUT2D eigenvalue weighted by molar-refractivity contribution is 5.92. The second kappa shape index (κ2) is 7.74. The normalized spacial score (nSPS) is 19.9. The summed E-state index contributed by atoms with van der Waals surface area (Å²) in [5.41, 5.74) is 0.550. The monoisotopic (exact) mass is 308 g/mol. The summed E-state index contributed by atoms with van der Waals surface area (Å²) in [5.74, 6) is 0.0456. The van der Waals surface area contributed by atoms with Crippen LogP contribution in [-0.2, 0) is 4.74 Å². The molecule has 1 aromatic heterocycles. The third-order valence-electron chi connectivity index (χ3n) is 4.30. The van der Waals surface area contributed by atoms with Gasteiger partial charge in [0, 0.05) is 51.6 Å². The molecule has 0 radical (unpaired) electrons. The molecule has 1 aliphatic heterocycles. The summed E-state index contributed by atoms with van der Waals surface area (Å²) >= 11 is 0. The number of piperazine rings is 1. The van der Waals surface area contributed by atoms with Crippen LogP contribution >= 0.6 is 0 Å². The molecule has 22 heavy (non-hydrogen) atoms. The summed E-state index contributed by atoms with van der Waals surface area (Å²) in [5, 5.41) is 4.40. The van der Waals surface area contributed by atoms with Gasteiger partial charge in [-0.25, -0.2) is 0 Å². The molecule has 1 amide bonds. The van der Waals surface area contributed by atoms with Crippen molar-refractivity contribution in [1.82, 2.24) is 19.6 Å². The van der Waals surface area contributed by atoms with Crippen LogP contribution in [0, 0.1) is 0 Å². The number of rotatable bonds is 6. The quantitative estimate of drug-likeness (QED) is 0.802. The highest BCUT2D eigenvalue weighted by Gasteiger charge is 2.29. The number of amides is 1. The molecule has 0 N–H and O–H groups in total. The highest BCUT2D eigenvalue weighted by atomic mass is 16.5. The first-order chi connectivity index (χ1) is 10.6. The number of nitrogens with zero attached hydrogens (tertiary/aromatic N) is 4. The van der Waals surface area contributed by atoms with E-state index >= 15 is 0 Å². The van der Waals surface area contributed by atoms with Crippen molar-refractivity contribution in [2.45, 2.75) is 39.3 Å². The third kappa shape index (κ3) is 3.87. The van der Waals surface area contributed by atoms with E-state index in [9.17, 15) is 4.79 Å². The first-order valence-electron chi connectivity index (χ1n) is 8.14. The van der Waals surface area contributed by atoms with Gasteiger partial charge in [-0.1, -0.05) is 6.92 Å². The van der Waals surface area contributed by atoms with E-state index in [0.717, 1.165) is 39.2 Å². The number of aromatic nitrogens is 2. The molecule has 2 rings (SSSR count). The van der Waals surface area contributed by atoms with Gasteiger partial charge in [-0.2, -0.15) is 5.10 Å². The Labute approximate surface area is 133 Å². The number of ether oxygens (including phenoxy) is 1. The van der Waals surface area contributed by atoms with E-state index in [4.69, 9.17) is 4.74 Å². The van der Waals surface area contributed by atoms with Crippen molar-refractivity contribution in [3.05, 3.63) is 18.0 Å². The van der Waals surface area contributed by atoms with Gasteiger partial charge in [0.1, 0.15) is 5.69 Å². The fourth-order valence-electron chi connectivity index (χ4n) is 2.87. The smallest absolute Gasteiger partial charge is 0.274 e. The maximum atomic E-state index is 12.6. The molecule has 0 spiro atoms. The van der Waals surface area contributed by atoms with Gasteiger partial charge in [-0.3, -0.25) is 14.4 Å². The Morgan fingerprint density at radius 1 is 1.45 bits per heavy atom. The Kier molecular flexibility index (Phi) is 5.97.